The summed E-state index contributed by atoms with van der Waals surface area (Å²) in [5.41, 5.74) is 3.34. The van der Waals surface area contributed by atoms with Crippen LogP contribution in [0.2, 0.25) is 0 Å². The van der Waals surface area contributed by atoms with Crippen molar-refractivity contribution in [2.45, 2.75) is 12.5 Å². The summed E-state index contributed by atoms with van der Waals surface area (Å²) >= 11 is 0. The summed E-state index contributed by atoms with van der Waals surface area (Å²) in [5.74, 6) is 1.37. The Bertz CT molecular complexity index is 699. The van der Waals surface area contributed by atoms with Gasteiger partial charge in [0.25, 0.3) is 0 Å². The fraction of sp³-hybridized carbons (Fsp3) is 0.294. The van der Waals surface area contributed by atoms with E-state index in [0.29, 0.717) is 5.75 Å². The number of aromatic hydroxyl groups is 2. The van der Waals surface area contributed by atoms with E-state index in [2.05, 4.69) is 5.32 Å². The molecule has 3 rings (SSSR count). The van der Waals surface area contributed by atoms with Crippen LogP contribution in [0.15, 0.2) is 30.3 Å². The molecule has 0 unspecified atom stereocenters. The van der Waals surface area contributed by atoms with Crippen molar-refractivity contribution in [2.24, 2.45) is 0 Å². The van der Waals surface area contributed by atoms with Gasteiger partial charge in [-0.25, -0.2) is 0 Å². The molecule has 2 aromatic carbocycles. The second-order valence-electron chi connectivity index (χ2n) is 5.44. The van der Waals surface area contributed by atoms with Gasteiger partial charge in [-0.2, -0.15) is 0 Å². The minimum absolute atomic E-state index is 0.0925. The molecule has 1 atom stereocenters. The summed E-state index contributed by atoms with van der Waals surface area (Å²) in [5, 5.41) is 21.5. The summed E-state index contributed by atoms with van der Waals surface area (Å²) in [7, 11) is 3.26. The molecule has 0 aromatic heterocycles. The third-order valence-electron chi connectivity index (χ3n) is 4.19. The van der Waals surface area contributed by atoms with Crippen molar-refractivity contribution in [3.63, 3.8) is 0 Å². The Morgan fingerprint density at radius 1 is 1.00 bits per heavy atom. The highest BCUT2D eigenvalue weighted by molar-refractivity contribution is 5.52. The quantitative estimate of drug-likeness (QED) is 0.748. The molecule has 4 N–H and O–H groups in total. The first-order valence-electron chi connectivity index (χ1n) is 7.22. The van der Waals surface area contributed by atoms with Crippen molar-refractivity contribution < 1.29 is 25.0 Å². The number of quaternary nitrogens is 1. The summed E-state index contributed by atoms with van der Waals surface area (Å²) in [4.78, 5) is 0. The second kappa shape index (κ2) is 5.77. The Kier molecular flexibility index (Phi) is 3.81. The van der Waals surface area contributed by atoms with E-state index in [1.54, 1.807) is 20.3 Å². The Morgan fingerprint density at radius 3 is 2.41 bits per heavy atom. The summed E-state index contributed by atoms with van der Waals surface area (Å²) in [6.45, 7) is 1.77. The topological polar surface area (TPSA) is 75.5 Å². The molecule has 1 aliphatic rings. The lowest BCUT2D eigenvalue weighted by Gasteiger charge is -2.26. The molecule has 22 heavy (non-hydrogen) atoms. The average Bonchev–Trinajstić information content (AvgIpc) is 2.55. The minimum Gasteiger partial charge on any atom is -0.504 e. The lowest BCUT2D eigenvalue weighted by molar-refractivity contribution is -0.675. The fourth-order valence-corrected chi connectivity index (χ4v) is 3.04. The number of phenolic OH excluding ortho intramolecular Hbond substituents is 2. The molecule has 0 bridgehead atoms. The van der Waals surface area contributed by atoms with E-state index in [1.165, 1.54) is 17.2 Å². The van der Waals surface area contributed by atoms with Gasteiger partial charge in [0, 0.05) is 5.56 Å². The van der Waals surface area contributed by atoms with Crippen molar-refractivity contribution in [1.29, 1.82) is 0 Å². The molecule has 0 spiro atoms. The molecule has 5 nitrogen and oxygen atoms in total. The largest absolute Gasteiger partial charge is 0.504 e. The number of nitrogens with two attached hydrogens (primary N) is 1. The van der Waals surface area contributed by atoms with Gasteiger partial charge in [0.05, 0.1) is 26.7 Å². The van der Waals surface area contributed by atoms with E-state index in [4.69, 9.17) is 9.47 Å². The Morgan fingerprint density at radius 2 is 1.73 bits per heavy atom. The summed E-state index contributed by atoms with van der Waals surface area (Å²) in [6, 6.07) is 9.02. The van der Waals surface area contributed by atoms with Gasteiger partial charge < -0.3 is 25.0 Å². The molecular formula is C17H20NO4+. The van der Waals surface area contributed by atoms with Crippen molar-refractivity contribution in [1.82, 2.24) is 0 Å². The lowest BCUT2D eigenvalue weighted by atomic mass is 9.85. The zero-order valence-electron chi connectivity index (χ0n) is 12.7. The fourth-order valence-electron chi connectivity index (χ4n) is 3.04. The number of ether oxygens (including phenoxy) is 2. The van der Waals surface area contributed by atoms with E-state index in [0.717, 1.165) is 24.4 Å². The van der Waals surface area contributed by atoms with E-state index in [9.17, 15) is 10.2 Å². The third kappa shape index (κ3) is 2.44. The average molecular weight is 302 g/mol. The van der Waals surface area contributed by atoms with Crippen molar-refractivity contribution in [3.8, 4) is 23.0 Å². The van der Waals surface area contributed by atoms with Crippen LogP contribution in [0.3, 0.4) is 0 Å². The van der Waals surface area contributed by atoms with Crippen LogP contribution in [0.25, 0.3) is 0 Å². The molecule has 0 saturated heterocycles. The maximum absolute atomic E-state index is 9.76. The standard InChI is InChI=1S/C17H19NO4/c1-21-16-6-11-8-18-9-13(12(11)7-17(16)22-2)10-3-4-14(19)15(20)5-10/h3-7,13,18-20H,8-9H2,1-2H3/p+1/t13-/m1/s1. The zero-order chi connectivity index (χ0) is 15.7. The monoisotopic (exact) mass is 302 g/mol. The van der Waals surface area contributed by atoms with Crippen LogP contribution in [0, 0.1) is 0 Å². The molecule has 0 amide bonds. The lowest BCUT2D eigenvalue weighted by Crippen LogP contribution is -2.85. The highest BCUT2D eigenvalue weighted by Gasteiger charge is 2.27. The molecule has 0 radical (unpaired) electrons. The number of phenols is 2. The normalized spacial score (nSPS) is 16.9. The third-order valence-corrected chi connectivity index (χ3v) is 4.19. The first kappa shape index (κ1) is 14.5. The number of hydrogen-bond acceptors (Lipinski definition) is 4. The highest BCUT2D eigenvalue weighted by Crippen LogP contribution is 2.38. The first-order valence-corrected chi connectivity index (χ1v) is 7.22. The molecule has 1 aliphatic heterocycles. The molecule has 5 heteroatoms. The zero-order valence-corrected chi connectivity index (χ0v) is 12.7. The van der Waals surface area contributed by atoms with Gasteiger partial charge in [0.2, 0.25) is 0 Å². The van der Waals surface area contributed by atoms with Gasteiger partial charge in [0.15, 0.2) is 23.0 Å². The summed E-state index contributed by atoms with van der Waals surface area (Å²) in [6.07, 6.45) is 0. The molecule has 0 saturated carbocycles. The second-order valence-corrected chi connectivity index (χ2v) is 5.44. The van der Waals surface area contributed by atoms with E-state index < -0.39 is 0 Å². The minimum atomic E-state index is -0.101. The SMILES string of the molecule is COc1cc2c(cc1OC)[C@@H](c1ccc(O)c(O)c1)C[NH2+]C2. The molecule has 2 aromatic rings. The molecule has 0 aliphatic carbocycles. The Hall–Kier alpha value is -2.40. The van der Waals surface area contributed by atoms with Gasteiger partial charge in [0.1, 0.15) is 6.54 Å². The van der Waals surface area contributed by atoms with E-state index >= 15 is 0 Å². The smallest absolute Gasteiger partial charge is 0.161 e. The Balaban J connectivity index is 2.08. The predicted molar refractivity (Wildman–Crippen MR) is 81.7 cm³/mol. The number of fused-ring (bicyclic) bond motifs is 1. The summed E-state index contributed by atoms with van der Waals surface area (Å²) < 4.78 is 10.8. The van der Waals surface area contributed by atoms with Crippen LogP contribution in [0.1, 0.15) is 22.6 Å². The van der Waals surface area contributed by atoms with Gasteiger partial charge in [-0.1, -0.05) is 6.07 Å². The molecule has 116 valence electrons. The van der Waals surface area contributed by atoms with Crippen LogP contribution in [0.5, 0.6) is 23.0 Å². The van der Waals surface area contributed by atoms with Gasteiger partial charge in [-0.05, 0) is 35.4 Å². The van der Waals surface area contributed by atoms with Crippen molar-refractivity contribution >= 4 is 0 Å². The van der Waals surface area contributed by atoms with Crippen LogP contribution >= 0.6 is 0 Å². The predicted octanol–water partition coefficient (Wildman–Crippen LogP) is 1.32. The Labute approximate surface area is 129 Å². The maximum atomic E-state index is 9.76. The molecular weight excluding hydrogens is 282 g/mol. The molecule has 0 fully saturated rings. The number of rotatable bonds is 3. The van der Waals surface area contributed by atoms with Gasteiger partial charge in [-0.15, -0.1) is 0 Å². The van der Waals surface area contributed by atoms with Gasteiger partial charge in [-0.3, -0.25) is 0 Å². The van der Waals surface area contributed by atoms with Crippen LogP contribution in [0.4, 0.5) is 0 Å². The van der Waals surface area contributed by atoms with E-state index in [-0.39, 0.29) is 17.4 Å². The van der Waals surface area contributed by atoms with Crippen LogP contribution in [-0.4, -0.2) is 31.0 Å². The van der Waals surface area contributed by atoms with E-state index in [1.807, 2.05) is 18.2 Å². The molecule has 1 heterocycles. The van der Waals surface area contributed by atoms with Crippen LogP contribution in [-0.2, 0) is 6.54 Å². The number of benzene rings is 2. The first-order chi connectivity index (χ1) is 10.6. The number of methoxy groups -OCH3 is 2. The highest BCUT2D eigenvalue weighted by atomic mass is 16.5. The van der Waals surface area contributed by atoms with Gasteiger partial charge >= 0.3 is 0 Å². The van der Waals surface area contributed by atoms with Crippen LogP contribution < -0.4 is 14.8 Å². The van der Waals surface area contributed by atoms with Crippen molar-refractivity contribution in [2.75, 3.05) is 20.8 Å². The number of hydrogen-bond donors (Lipinski definition) is 3. The maximum Gasteiger partial charge on any atom is 0.161 e. The van der Waals surface area contributed by atoms with Crippen molar-refractivity contribution in [3.05, 3.63) is 47.0 Å².